The lowest BCUT2D eigenvalue weighted by Crippen LogP contribution is -2.51. The number of nitrogens with zero attached hydrogens (tertiary/aromatic N) is 2. The lowest BCUT2D eigenvalue weighted by atomic mass is 9.48. The number of fused-ring (bicyclic) bond motifs is 7. The molecular weight excluding hydrogens is 404 g/mol. The lowest BCUT2D eigenvalue weighted by molar-refractivity contribution is -0.107. The standard InChI is InChI=1S/C26H40N2O2S/c1-25(29)9-6-18-16(13-25)4-5-20-19(18)7-10-26(2)23(21-12-22(21)24(20)26)8-11-28-15-17(14-27-28)31(3)30/h14-16,18-24,29H,4-13H2,1-3H3/t16-,18+,19-,20-,21+,22-,23+,24-,25-,26+,31?/m1/s1. The van der Waals surface area contributed by atoms with Crippen LogP contribution in [0.1, 0.15) is 71.6 Å². The Labute approximate surface area is 190 Å². The van der Waals surface area contributed by atoms with Crippen LogP contribution in [-0.4, -0.2) is 31.0 Å². The Morgan fingerprint density at radius 3 is 2.68 bits per heavy atom. The molecule has 31 heavy (non-hydrogen) atoms. The molecule has 0 radical (unpaired) electrons. The molecule has 6 rings (SSSR count). The van der Waals surface area contributed by atoms with Crippen LogP contribution < -0.4 is 0 Å². The first-order chi connectivity index (χ1) is 14.8. The number of aliphatic hydroxyl groups is 1. The minimum atomic E-state index is -0.940. The molecular formula is C26H40N2O2S. The van der Waals surface area contributed by atoms with E-state index in [1.54, 1.807) is 12.5 Å². The Kier molecular flexibility index (Phi) is 4.82. The Balaban J connectivity index is 1.18. The predicted molar refractivity (Wildman–Crippen MR) is 123 cm³/mol. The Bertz CT molecular complexity index is 881. The topological polar surface area (TPSA) is 55.1 Å². The smallest absolute Gasteiger partial charge is 0.0764 e. The summed E-state index contributed by atoms with van der Waals surface area (Å²) in [6.45, 7) is 5.70. The summed E-state index contributed by atoms with van der Waals surface area (Å²) >= 11 is 0. The second-order valence-corrected chi connectivity index (χ2v) is 13.9. The third kappa shape index (κ3) is 3.31. The summed E-state index contributed by atoms with van der Waals surface area (Å²) in [6, 6.07) is 0. The molecule has 0 saturated heterocycles. The molecule has 0 amide bonds. The van der Waals surface area contributed by atoms with Gasteiger partial charge in [-0.25, -0.2) is 0 Å². The van der Waals surface area contributed by atoms with E-state index in [0.717, 1.165) is 71.6 Å². The van der Waals surface area contributed by atoms with Gasteiger partial charge in [0, 0.05) is 19.0 Å². The van der Waals surface area contributed by atoms with Gasteiger partial charge in [-0.15, -0.1) is 0 Å². The van der Waals surface area contributed by atoms with Crippen molar-refractivity contribution in [1.29, 1.82) is 0 Å². The van der Waals surface area contributed by atoms with Gasteiger partial charge in [-0.1, -0.05) is 6.92 Å². The fourth-order valence-electron chi connectivity index (χ4n) is 9.63. The fourth-order valence-corrected chi connectivity index (χ4v) is 10.1. The van der Waals surface area contributed by atoms with E-state index >= 15 is 0 Å². The Morgan fingerprint density at radius 2 is 1.90 bits per heavy atom. The molecule has 172 valence electrons. The van der Waals surface area contributed by atoms with E-state index in [-0.39, 0.29) is 0 Å². The van der Waals surface area contributed by atoms with E-state index in [1.165, 1.54) is 44.9 Å². The third-order valence-corrected chi connectivity index (χ3v) is 11.7. The van der Waals surface area contributed by atoms with E-state index in [0.29, 0.717) is 5.41 Å². The maximum atomic E-state index is 11.7. The zero-order valence-corrected chi connectivity index (χ0v) is 20.3. The first-order valence-corrected chi connectivity index (χ1v) is 14.4. The van der Waals surface area contributed by atoms with Crippen molar-refractivity contribution >= 4 is 10.8 Å². The van der Waals surface area contributed by atoms with Crippen LogP contribution >= 0.6 is 0 Å². The summed E-state index contributed by atoms with van der Waals surface area (Å²) in [6.07, 6.45) is 17.2. The minimum absolute atomic E-state index is 0.409. The van der Waals surface area contributed by atoms with Crippen LogP contribution in [0.4, 0.5) is 0 Å². The summed E-state index contributed by atoms with van der Waals surface area (Å²) in [7, 11) is -0.940. The number of aromatic nitrogens is 2. The van der Waals surface area contributed by atoms with Gasteiger partial charge in [0.1, 0.15) is 0 Å². The molecule has 1 unspecified atom stereocenters. The molecule has 1 N–H and O–H groups in total. The van der Waals surface area contributed by atoms with Crippen LogP contribution in [0.5, 0.6) is 0 Å². The zero-order valence-electron chi connectivity index (χ0n) is 19.5. The first-order valence-electron chi connectivity index (χ1n) is 12.8. The second kappa shape index (κ2) is 7.16. The zero-order chi connectivity index (χ0) is 21.5. The third-order valence-electron chi connectivity index (χ3n) is 10.9. The highest BCUT2D eigenvalue weighted by atomic mass is 32.2. The van der Waals surface area contributed by atoms with E-state index in [1.807, 2.05) is 10.9 Å². The van der Waals surface area contributed by atoms with Crippen LogP contribution in [-0.2, 0) is 17.3 Å². The van der Waals surface area contributed by atoms with Gasteiger partial charge in [0.15, 0.2) is 0 Å². The van der Waals surface area contributed by atoms with Crippen LogP contribution in [0.2, 0.25) is 0 Å². The van der Waals surface area contributed by atoms with Crippen molar-refractivity contribution in [1.82, 2.24) is 9.78 Å². The van der Waals surface area contributed by atoms with Gasteiger partial charge in [-0.2, -0.15) is 5.10 Å². The van der Waals surface area contributed by atoms with Gasteiger partial charge in [-0.3, -0.25) is 8.89 Å². The summed E-state index contributed by atoms with van der Waals surface area (Å²) in [5.41, 5.74) is 0.110. The van der Waals surface area contributed by atoms with Crippen molar-refractivity contribution in [3.63, 3.8) is 0 Å². The molecule has 1 aromatic heterocycles. The normalized spacial score (nSPS) is 51.4. The van der Waals surface area contributed by atoms with Gasteiger partial charge in [0.05, 0.1) is 27.5 Å². The summed E-state index contributed by atoms with van der Waals surface area (Å²) in [5.74, 6) is 7.27. The summed E-state index contributed by atoms with van der Waals surface area (Å²) < 4.78 is 13.8. The molecule has 0 aromatic carbocycles. The molecule has 0 aliphatic heterocycles. The first kappa shape index (κ1) is 20.9. The molecule has 11 atom stereocenters. The van der Waals surface area contributed by atoms with Gasteiger partial charge in [-0.05, 0) is 117 Å². The van der Waals surface area contributed by atoms with Gasteiger partial charge in [0.2, 0.25) is 0 Å². The van der Waals surface area contributed by atoms with E-state index in [4.69, 9.17) is 0 Å². The van der Waals surface area contributed by atoms with Crippen molar-refractivity contribution in [2.45, 2.75) is 88.7 Å². The van der Waals surface area contributed by atoms with Gasteiger partial charge in [0.25, 0.3) is 0 Å². The highest BCUT2D eigenvalue weighted by Crippen LogP contribution is 2.75. The number of rotatable bonds is 4. The molecule has 5 fully saturated rings. The van der Waals surface area contributed by atoms with Gasteiger partial charge < -0.3 is 5.11 Å². The maximum absolute atomic E-state index is 11.7. The highest BCUT2D eigenvalue weighted by molar-refractivity contribution is 7.84. The largest absolute Gasteiger partial charge is 0.390 e. The Morgan fingerprint density at radius 1 is 1.10 bits per heavy atom. The number of aryl methyl sites for hydroxylation is 1. The van der Waals surface area contributed by atoms with E-state index in [9.17, 15) is 9.32 Å². The average Bonchev–Trinajstić information content (AvgIpc) is 3.22. The highest BCUT2D eigenvalue weighted by Gasteiger charge is 2.68. The van der Waals surface area contributed by atoms with Crippen LogP contribution in [0, 0.1) is 52.8 Å². The molecule has 1 aromatic rings. The Hall–Kier alpha value is -0.680. The van der Waals surface area contributed by atoms with Crippen molar-refractivity contribution in [2.24, 2.45) is 52.8 Å². The SMILES string of the molecule is CS(=O)c1cnn(CC[C@H]2[C@H]3C[C@H]3[C@H]3[C@@H]4CC[C@@H]5C[C@](C)(O)CC[C@@H]5[C@H]4CC[C@]32C)c1. The predicted octanol–water partition coefficient (Wildman–Crippen LogP) is 4.89. The van der Waals surface area contributed by atoms with E-state index in [2.05, 4.69) is 18.9 Å². The molecule has 5 aliphatic rings. The molecule has 5 heteroatoms. The minimum Gasteiger partial charge on any atom is -0.390 e. The molecule has 5 saturated carbocycles. The van der Waals surface area contributed by atoms with Crippen molar-refractivity contribution in [2.75, 3.05) is 6.26 Å². The van der Waals surface area contributed by atoms with Crippen LogP contribution in [0.3, 0.4) is 0 Å². The maximum Gasteiger partial charge on any atom is 0.0764 e. The number of hydrogen-bond donors (Lipinski definition) is 1. The summed E-state index contributed by atoms with van der Waals surface area (Å²) in [4.78, 5) is 0.850. The summed E-state index contributed by atoms with van der Waals surface area (Å²) in [5, 5.41) is 15.1. The molecule has 1 heterocycles. The molecule has 5 aliphatic carbocycles. The molecule has 0 spiro atoms. The second-order valence-electron chi connectivity index (χ2n) is 12.5. The van der Waals surface area contributed by atoms with Crippen molar-refractivity contribution in [3.8, 4) is 0 Å². The quantitative estimate of drug-likeness (QED) is 0.720. The average molecular weight is 445 g/mol. The van der Waals surface area contributed by atoms with Crippen molar-refractivity contribution in [3.05, 3.63) is 12.4 Å². The fraction of sp³-hybridized carbons (Fsp3) is 0.885. The molecule has 0 bridgehead atoms. The number of hydrogen-bond acceptors (Lipinski definition) is 3. The van der Waals surface area contributed by atoms with Crippen LogP contribution in [0.15, 0.2) is 17.3 Å². The van der Waals surface area contributed by atoms with Gasteiger partial charge >= 0.3 is 0 Å². The van der Waals surface area contributed by atoms with E-state index < -0.39 is 16.4 Å². The monoisotopic (exact) mass is 444 g/mol. The molecule has 4 nitrogen and oxygen atoms in total. The lowest BCUT2D eigenvalue weighted by Gasteiger charge is -2.58. The van der Waals surface area contributed by atoms with Crippen LogP contribution in [0.25, 0.3) is 0 Å². The van der Waals surface area contributed by atoms with Crippen molar-refractivity contribution < 1.29 is 9.32 Å².